The van der Waals surface area contributed by atoms with Gasteiger partial charge in [-0.3, -0.25) is 19.4 Å². The van der Waals surface area contributed by atoms with Crippen LogP contribution in [0.2, 0.25) is 0 Å². The van der Waals surface area contributed by atoms with Crippen LogP contribution in [0.5, 0.6) is 0 Å². The Labute approximate surface area is 201 Å². The van der Waals surface area contributed by atoms with Crippen LogP contribution < -0.4 is 0 Å². The SMILES string of the molecule is Cc1ccc(CN2C(=O)C3=C(CCN(Cc4ccc(I)cc4)C3)N3CC(=O)CN=C23)cc1. The Hall–Kier alpha value is -2.52. The monoisotopic (exact) mass is 540 g/mol. The maximum atomic E-state index is 13.7. The van der Waals surface area contributed by atoms with Crippen LogP contribution in [0.4, 0.5) is 0 Å². The molecule has 0 saturated carbocycles. The lowest BCUT2D eigenvalue weighted by Gasteiger charge is -2.45. The number of ketones is 1. The number of aryl methyl sites for hydroxylation is 1. The number of Topliss-reactive ketones (excluding diaryl/α,β-unsaturated/α-hetero) is 1. The van der Waals surface area contributed by atoms with Crippen LogP contribution in [0.15, 0.2) is 64.8 Å². The Morgan fingerprint density at radius 2 is 1.62 bits per heavy atom. The summed E-state index contributed by atoms with van der Waals surface area (Å²) in [6.45, 7) is 5.19. The van der Waals surface area contributed by atoms with Gasteiger partial charge in [0.1, 0.15) is 6.54 Å². The Morgan fingerprint density at radius 3 is 2.38 bits per heavy atom. The van der Waals surface area contributed by atoms with E-state index in [1.807, 2.05) is 4.90 Å². The van der Waals surface area contributed by atoms with Crippen molar-refractivity contribution in [1.82, 2.24) is 14.7 Å². The number of nitrogens with zero attached hydrogens (tertiary/aromatic N) is 4. The third kappa shape index (κ3) is 4.23. The molecule has 0 unspecified atom stereocenters. The maximum Gasteiger partial charge on any atom is 0.259 e. The molecule has 7 heteroatoms. The largest absolute Gasteiger partial charge is 0.308 e. The van der Waals surface area contributed by atoms with Crippen molar-refractivity contribution >= 4 is 40.2 Å². The van der Waals surface area contributed by atoms with Crippen molar-refractivity contribution in [2.45, 2.75) is 26.4 Å². The van der Waals surface area contributed by atoms with E-state index < -0.39 is 0 Å². The van der Waals surface area contributed by atoms with Crippen molar-refractivity contribution in [3.05, 3.63) is 80.1 Å². The summed E-state index contributed by atoms with van der Waals surface area (Å²) in [7, 11) is 0. The number of aliphatic imine (C=N–C) groups is 1. The minimum absolute atomic E-state index is 0.0113. The molecule has 6 nitrogen and oxygen atoms in total. The first-order chi connectivity index (χ1) is 15.5. The van der Waals surface area contributed by atoms with E-state index in [-0.39, 0.29) is 18.2 Å². The molecule has 1 amide bonds. The predicted molar refractivity (Wildman–Crippen MR) is 132 cm³/mol. The van der Waals surface area contributed by atoms with Crippen LogP contribution in [0.3, 0.4) is 0 Å². The number of amides is 1. The topological polar surface area (TPSA) is 56.2 Å². The molecule has 32 heavy (non-hydrogen) atoms. The smallest absolute Gasteiger partial charge is 0.259 e. The molecule has 0 radical (unpaired) electrons. The van der Waals surface area contributed by atoms with Crippen LogP contribution in [-0.2, 0) is 22.7 Å². The highest BCUT2D eigenvalue weighted by Crippen LogP contribution is 2.31. The van der Waals surface area contributed by atoms with Gasteiger partial charge >= 0.3 is 0 Å². The zero-order valence-corrected chi connectivity index (χ0v) is 20.2. The van der Waals surface area contributed by atoms with Crippen LogP contribution in [0.25, 0.3) is 0 Å². The zero-order chi connectivity index (χ0) is 22.2. The number of benzene rings is 2. The number of carbonyl (C=O) groups is 2. The first kappa shape index (κ1) is 21.3. The Balaban J connectivity index is 1.43. The van der Waals surface area contributed by atoms with Crippen molar-refractivity contribution < 1.29 is 9.59 Å². The summed E-state index contributed by atoms with van der Waals surface area (Å²) in [5, 5.41) is 0. The van der Waals surface area contributed by atoms with Gasteiger partial charge in [-0.15, -0.1) is 0 Å². The van der Waals surface area contributed by atoms with Gasteiger partial charge in [-0.2, -0.15) is 0 Å². The van der Waals surface area contributed by atoms with Crippen LogP contribution in [-0.4, -0.2) is 58.5 Å². The van der Waals surface area contributed by atoms with E-state index in [1.54, 1.807) is 4.90 Å². The van der Waals surface area contributed by atoms with E-state index in [0.717, 1.165) is 36.3 Å². The summed E-state index contributed by atoms with van der Waals surface area (Å²) >= 11 is 2.31. The maximum absolute atomic E-state index is 13.7. The third-order valence-corrected chi connectivity index (χ3v) is 6.94. The molecule has 0 aromatic heterocycles. The molecule has 0 atom stereocenters. The molecule has 0 bridgehead atoms. The summed E-state index contributed by atoms with van der Waals surface area (Å²) in [4.78, 5) is 36.5. The van der Waals surface area contributed by atoms with Gasteiger partial charge in [-0.05, 0) is 52.8 Å². The van der Waals surface area contributed by atoms with Crippen molar-refractivity contribution in [2.24, 2.45) is 4.99 Å². The highest BCUT2D eigenvalue weighted by atomic mass is 127. The number of hydrogen-bond acceptors (Lipinski definition) is 5. The molecular formula is C25H25IN4O2. The Kier molecular flexibility index (Phi) is 5.86. The quantitative estimate of drug-likeness (QED) is 0.559. The van der Waals surface area contributed by atoms with Gasteiger partial charge in [0.25, 0.3) is 5.91 Å². The van der Waals surface area contributed by atoms with Gasteiger partial charge in [0, 0.05) is 35.3 Å². The van der Waals surface area contributed by atoms with E-state index in [1.165, 1.54) is 14.7 Å². The van der Waals surface area contributed by atoms with E-state index in [2.05, 4.69) is 87.9 Å². The van der Waals surface area contributed by atoms with E-state index in [4.69, 9.17) is 0 Å². The van der Waals surface area contributed by atoms with Gasteiger partial charge in [-0.1, -0.05) is 42.0 Å². The zero-order valence-electron chi connectivity index (χ0n) is 18.1. The molecule has 3 aliphatic rings. The minimum atomic E-state index is 0.0113. The van der Waals surface area contributed by atoms with Crippen molar-refractivity contribution in [2.75, 3.05) is 26.2 Å². The fourth-order valence-corrected chi connectivity index (χ4v) is 4.90. The molecular weight excluding hydrogens is 515 g/mol. The lowest BCUT2D eigenvalue weighted by Crippen LogP contribution is -2.57. The molecule has 3 aliphatic heterocycles. The second-order valence-electron chi connectivity index (χ2n) is 8.63. The number of rotatable bonds is 4. The lowest BCUT2D eigenvalue weighted by atomic mass is 9.99. The van der Waals surface area contributed by atoms with Crippen molar-refractivity contribution in [3.8, 4) is 0 Å². The van der Waals surface area contributed by atoms with Crippen LogP contribution in [0.1, 0.15) is 23.1 Å². The first-order valence-electron chi connectivity index (χ1n) is 10.9. The molecule has 0 aliphatic carbocycles. The van der Waals surface area contributed by atoms with Gasteiger partial charge < -0.3 is 4.90 Å². The Bertz CT molecular complexity index is 1120. The third-order valence-electron chi connectivity index (χ3n) is 6.22. The summed E-state index contributed by atoms with van der Waals surface area (Å²) in [5.74, 6) is 0.726. The molecule has 0 fully saturated rings. The van der Waals surface area contributed by atoms with Gasteiger partial charge in [-0.25, -0.2) is 4.99 Å². The van der Waals surface area contributed by atoms with E-state index >= 15 is 0 Å². The number of fused-ring (bicyclic) bond motifs is 2. The fraction of sp³-hybridized carbons (Fsp3) is 0.320. The second kappa shape index (κ2) is 8.78. The second-order valence-corrected chi connectivity index (χ2v) is 9.88. The highest BCUT2D eigenvalue weighted by molar-refractivity contribution is 14.1. The highest BCUT2D eigenvalue weighted by Gasteiger charge is 2.41. The van der Waals surface area contributed by atoms with Crippen molar-refractivity contribution in [1.29, 1.82) is 0 Å². The molecule has 3 heterocycles. The van der Waals surface area contributed by atoms with Crippen molar-refractivity contribution in [3.63, 3.8) is 0 Å². The fourth-order valence-electron chi connectivity index (χ4n) is 4.54. The molecule has 2 aromatic carbocycles. The molecule has 0 spiro atoms. The summed E-state index contributed by atoms with van der Waals surface area (Å²) in [6.07, 6.45) is 0.746. The average Bonchev–Trinajstić information content (AvgIpc) is 2.79. The van der Waals surface area contributed by atoms with Gasteiger partial charge in [0.05, 0.1) is 18.7 Å². The lowest BCUT2D eigenvalue weighted by molar-refractivity contribution is -0.127. The predicted octanol–water partition coefficient (Wildman–Crippen LogP) is 3.34. The summed E-state index contributed by atoms with van der Waals surface area (Å²) < 4.78 is 1.21. The van der Waals surface area contributed by atoms with Gasteiger partial charge in [0.2, 0.25) is 5.96 Å². The average molecular weight is 540 g/mol. The van der Waals surface area contributed by atoms with E-state index in [9.17, 15) is 9.59 Å². The van der Waals surface area contributed by atoms with Crippen LogP contribution in [0, 0.1) is 10.5 Å². The van der Waals surface area contributed by atoms with Gasteiger partial charge in [0.15, 0.2) is 5.78 Å². The Morgan fingerprint density at radius 1 is 0.938 bits per heavy atom. The molecule has 2 aromatic rings. The summed E-state index contributed by atoms with van der Waals surface area (Å²) in [6, 6.07) is 16.7. The minimum Gasteiger partial charge on any atom is -0.308 e. The first-order valence-corrected chi connectivity index (χ1v) is 12.0. The van der Waals surface area contributed by atoms with Crippen LogP contribution >= 0.6 is 22.6 Å². The van der Waals surface area contributed by atoms with E-state index in [0.29, 0.717) is 25.6 Å². The standard InChI is InChI=1S/C25H25IN4O2/c1-17-2-4-19(5-3-17)14-30-24(32)22-16-28(13-18-6-8-20(26)9-7-18)11-10-23(22)29-15-21(31)12-27-25(29)30/h2-9H,10-16H2,1H3. The molecule has 0 N–H and O–H groups in total. The molecule has 5 rings (SSSR count). The number of guanidine groups is 1. The number of hydrogen-bond donors (Lipinski definition) is 0. The number of carbonyl (C=O) groups excluding carboxylic acids is 2. The molecule has 0 saturated heterocycles. The molecule has 164 valence electrons. The normalized spacial score (nSPS) is 19.1. The number of halogens is 1. The summed E-state index contributed by atoms with van der Waals surface area (Å²) in [5.41, 5.74) is 5.25.